The van der Waals surface area contributed by atoms with Gasteiger partial charge in [-0.05, 0) is 56.3 Å². The average Bonchev–Trinajstić information content (AvgIpc) is 2.77. The summed E-state index contributed by atoms with van der Waals surface area (Å²) in [5, 5.41) is 2.10. The standard InChI is InChI=1S/C31H43OSi3.Li/c1-33(2,3)35(34(4,5)6,30(32)31-21-25-17-26(22-31)19-27(18-25)23-31)29(28-15-11-8-12-16-28)20-24-13-9-7-10-14-24;/h7-16,25-27H,17-19,21-23H2,1-6H3;/q-1;+1. The molecule has 5 heteroatoms. The number of benzene rings is 2. The summed E-state index contributed by atoms with van der Waals surface area (Å²) in [7, 11) is -6.47. The molecular formula is C31H43LiOSi3. The normalized spacial score (nSPS) is 28.1. The van der Waals surface area contributed by atoms with Gasteiger partial charge in [0.25, 0.3) is 0 Å². The summed E-state index contributed by atoms with van der Waals surface area (Å²) in [5.41, 5.74) is 2.32. The Morgan fingerprint density at radius 2 is 1.14 bits per heavy atom. The predicted molar refractivity (Wildman–Crippen MR) is 157 cm³/mol. The molecule has 2 aromatic carbocycles. The molecule has 0 amide bonds. The molecule has 0 N–H and O–H groups in total. The maximum Gasteiger partial charge on any atom is 1.00 e. The summed E-state index contributed by atoms with van der Waals surface area (Å²) >= 11 is 0. The second kappa shape index (κ2) is 10.0. The van der Waals surface area contributed by atoms with Crippen LogP contribution in [0.3, 0.4) is 0 Å². The third-order valence-electron chi connectivity index (χ3n) is 9.59. The van der Waals surface area contributed by atoms with Gasteiger partial charge in [0.1, 0.15) is 12.5 Å². The molecule has 4 bridgehead atoms. The molecule has 36 heavy (non-hydrogen) atoms. The van der Waals surface area contributed by atoms with Crippen LogP contribution in [0, 0.1) is 29.2 Å². The van der Waals surface area contributed by atoms with Gasteiger partial charge in [-0.25, -0.2) is 0 Å². The van der Waals surface area contributed by atoms with Gasteiger partial charge in [0.05, 0.1) is 0 Å². The summed E-state index contributed by atoms with van der Waals surface area (Å²) in [6, 6.07) is 21.6. The number of carbonyl (C=O) groups is 1. The van der Waals surface area contributed by atoms with E-state index in [1.54, 1.807) is 0 Å². The van der Waals surface area contributed by atoms with Crippen molar-refractivity contribution in [3.8, 4) is 0 Å². The van der Waals surface area contributed by atoms with Crippen molar-refractivity contribution in [2.75, 3.05) is 0 Å². The monoisotopic (exact) mass is 522 g/mol. The molecule has 4 aliphatic rings. The van der Waals surface area contributed by atoms with E-state index in [-0.39, 0.29) is 24.3 Å². The second-order valence-corrected chi connectivity index (χ2v) is 40.5. The van der Waals surface area contributed by atoms with Crippen molar-refractivity contribution in [1.29, 1.82) is 0 Å². The summed E-state index contributed by atoms with van der Waals surface area (Å²) < 4.78 is 0. The molecule has 1 nitrogen and oxygen atoms in total. The zero-order valence-corrected chi connectivity index (χ0v) is 26.7. The fourth-order valence-electron chi connectivity index (χ4n) is 9.11. The molecule has 0 heterocycles. The molecule has 0 unspecified atom stereocenters. The van der Waals surface area contributed by atoms with Gasteiger partial charge in [-0.3, -0.25) is 0 Å². The number of carbonyl (C=O) groups excluding carboxylic acids is 1. The Morgan fingerprint density at radius 3 is 1.56 bits per heavy atom. The topological polar surface area (TPSA) is 17.1 Å². The van der Waals surface area contributed by atoms with E-state index in [0.29, 0.717) is 0 Å². The zero-order chi connectivity index (χ0) is 25.1. The first-order valence-corrected chi connectivity index (χ1v) is 24.8. The molecule has 0 aromatic heterocycles. The van der Waals surface area contributed by atoms with Gasteiger partial charge in [0, 0.05) is 20.6 Å². The minimum atomic E-state index is -2.60. The van der Waals surface area contributed by atoms with Crippen LogP contribution >= 0.6 is 0 Å². The summed E-state index contributed by atoms with van der Waals surface area (Å²) in [4.78, 5) is 15.7. The molecule has 186 valence electrons. The van der Waals surface area contributed by atoms with E-state index in [9.17, 15) is 0 Å². The van der Waals surface area contributed by atoms with E-state index in [1.807, 2.05) is 0 Å². The second-order valence-electron chi connectivity index (χ2n) is 14.0. The van der Waals surface area contributed by atoms with E-state index >= 15 is 4.79 Å². The van der Waals surface area contributed by atoms with Crippen molar-refractivity contribution < 1.29 is 23.7 Å². The van der Waals surface area contributed by atoms with Gasteiger partial charge in [-0.1, -0.05) is 81.2 Å². The fourth-order valence-corrected chi connectivity index (χ4v) is 54.9. The van der Waals surface area contributed by atoms with Crippen LogP contribution in [-0.4, -0.2) is 27.7 Å². The van der Waals surface area contributed by atoms with Crippen LogP contribution in [0.5, 0.6) is 0 Å². The van der Waals surface area contributed by atoms with E-state index in [2.05, 4.69) is 106 Å². The number of rotatable bonds is 7. The fraction of sp³-hybridized carbons (Fsp3) is 0.516. The van der Waals surface area contributed by atoms with Crippen molar-refractivity contribution in [3.63, 3.8) is 0 Å². The largest absolute Gasteiger partial charge is 1.00 e. The Morgan fingerprint density at radius 1 is 0.722 bits per heavy atom. The third-order valence-corrected chi connectivity index (χ3v) is 46.3. The quantitative estimate of drug-likeness (QED) is 0.282. The first-order valence-electron chi connectivity index (χ1n) is 13.8. The molecule has 2 aromatic rings. The van der Waals surface area contributed by atoms with E-state index in [1.165, 1.54) is 49.3 Å². The molecule has 0 spiro atoms. The van der Waals surface area contributed by atoms with Crippen molar-refractivity contribution in [2.24, 2.45) is 23.2 Å². The Bertz CT molecular complexity index is 1060. The van der Waals surface area contributed by atoms with Gasteiger partial charge in [0.15, 0.2) is 0 Å². The van der Waals surface area contributed by atoms with Crippen LogP contribution in [0.25, 0.3) is 5.20 Å². The van der Waals surface area contributed by atoms with Gasteiger partial charge >= 0.3 is 18.9 Å². The number of hydrogen-bond donors (Lipinski definition) is 0. The van der Waals surface area contributed by atoms with Crippen LogP contribution < -0.4 is 18.9 Å². The van der Waals surface area contributed by atoms with E-state index in [0.717, 1.165) is 28.7 Å². The number of hydrogen-bond acceptors (Lipinski definition) is 1. The van der Waals surface area contributed by atoms with Crippen LogP contribution in [0.1, 0.15) is 49.7 Å². The van der Waals surface area contributed by atoms with Crippen LogP contribution in [0.4, 0.5) is 0 Å². The zero-order valence-electron chi connectivity index (χ0n) is 23.7. The summed E-state index contributed by atoms with van der Waals surface area (Å²) in [6.07, 6.45) is 11.7. The predicted octanol–water partition coefficient (Wildman–Crippen LogP) is 5.07. The Kier molecular flexibility index (Phi) is 7.81. The van der Waals surface area contributed by atoms with Crippen LogP contribution in [0.15, 0.2) is 60.7 Å². The third kappa shape index (κ3) is 4.60. The molecular weight excluding hydrogens is 480 g/mol. The Labute approximate surface area is 234 Å². The van der Waals surface area contributed by atoms with Gasteiger partial charge in [-0.2, -0.15) is 0 Å². The molecule has 0 atom stereocenters. The molecule has 6 rings (SSSR count). The minimum Gasteiger partial charge on any atom is -0.305 e. The average molecular weight is 523 g/mol. The smallest absolute Gasteiger partial charge is 0.305 e. The summed E-state index contributed by atoms with van der Waals surface area (Å²) in [6.45, 7) is 15.2. The van der Waals surface area contributed by atoms with Crippen molar-refractivity contribution in [1.82, 2.24) is 0 Å². The van der Waals surface area contributed by atoms with Crippen molar-refractivity contribution in [3.05, 3.63) is 77.9 Å². The Balaban J connectivity index is 0.00000304. The van der Waals surface area contributed by atoms with Gasteiger partial charge < -0.3 is 4.79 Å². The molecule has 4 aliphatic carbocycles. The van der Waals surface area contributed by atoms with Crippen molar-refractivity contribution >= 4 is 32.9 Å². The first-order chi connectivity index (χ1) is 16.5. The Hall–Kier alpha value is -0.902. The van der Waals surface area contributed by atoms with Crippen LogP contribution in [-0.2, 0) is 4.79 Å². The van der Waals surface area contributed by atoms with E-state index < -0.39 is 22.3 Å². The maximum absolute atomic E-state index is 15.7. The first kappa shape index (κ1) is 28.1. The molecule has 0 radical (unpaired) electrons. The van der Waals surface area contributed by atoms with Gasteiger partial charge in [-0.15, -0.1) is 41.1 Å². The molecule has 0 saturated heterocycles. The van der Waals surface area contributed by atoms with E-state index in [4.69, 9.17) is 0 Å². The SMILES string of the molecule is C[Si](C)(C)[Si](C(=O)C12CC3CC(CC(C3)C1)C2)(C(=[C-]c1ccccc1)c1ccccc1)[Si](C)(C)C.[Li+]. The maximum atomic E-state index is 15.7. The van der Waals surface area contributed by atoms with Gasteiger partial charge in [0.2, 0.25) is 0 Å². The minimum absolute atomic E-state index is 0. The summed E-state index contributed by atoms with van der Waals surface area (Å²) in [5.74, 6) is 2.38. The molecule has 4 saturated carbocycles. The van der Waals surface area contributed by atoms with Crippen LogP contribution in [0.2, 0.25) is 39.3 Å². The van der Waals surface area contributed by atoms with Crippen molar-refractivity contribution in [2.45, 2.75) is 77.8 Å². The molecule has 4 fully saturated rings. The molecule has 0 aliphatic heterocycles.